The minimum absolute atomic E-state index is 0.0981. The lowest BCUT2D eigenvalue weighted by Gasteiger charge is -2.28. The van der Waals surface area contributed by atoms with Crippen molar-refractivity contribution in [2.75, 3.05) is 0 Å². The maximum atomic E-state index is 10.7. The quantitative estimate of drug-likeness (QED) is 0.477. The molecule has 0 aromatic heterocycles. The van der Waals surface area contributed by atoms with Gasteiger partial charge in [-0.1, -0.05) is 41.5 Å². The molecule has 2 aliphatic carbocycles. The van der Waals surface area contributed by atoms with Crippen LogP contribution in [0.5, 0.6) is 23.0 Å². The summed E-state index contributed by atoms with van der Waals surface area (Å²) in [7, 11) is 0. The normalized spacial score (nSPS) is 17.4. The van der Waals surface area contributed by atoms with Gasteiger partial charge in [0, 0.05) is 11.1 Å². The van der Waals surface area contributed by atoms with Crippen molar-refractivity contribution in [3.8, 4) is 23.0 Å². The monoisotopic (exact) mass is 468 g/mol. The molecule has 0 aliphatic heterocycles. The van der Waals surface area contributed by atoms with Crippen LogP contribution in [0.2, 0.25) is 0 Å². The van der Waals surface area contributed by atoms with Crippen LogP contribution in [0.4, 0.5) is 0 Å². The van der Waals surface area contributed by atoms with Crippen molar-refractivity contribution < 1.29 is 19.7 Å². The van der Waals surface area contributed by atoms with Crippen LogP contribution in [0, 0.1) is 0 Å². The number of phenols is 2. The van der Waals surface area contributed by atoms with E-state index in [0.717, 1.165) is 35.5 Å². The number of rotatable bonds is 4. The second kappa shape index (κ2) is 10.9. The Kier molecular flexibility index (Phi) is 8.43. The van der Waals surface area contributed by atoms with Gasteiger partial charge in [0.15, 0.2) is 0 Å². The van der Waals surface area contributed by atoms with Crippen molar-refractivity contribution >= 4 is 0 Å². The van der Waals surface area contributed by atoms with Crippen LogP contribution in [0.3, 0.4) is 0 Å². The minimum Gasteiger partial charge on any atom is -0.508 e. The Morgan fingerprint density at radius 2 is 1.00 bits per heavy atom. The first-order valence-corrected chi connectivity index (χ1v) is 12.9. The standard InChI is InChI=1S/C19H30O2.C11H14O2/c1-18(2,3)15-11-14(21-13-9-7-8-10-13)12-16(17(15)20)19(4,5)6;12-9-5-7-11(8-6-9)13-10-3-1-2-4-10/h11-13,20H,7-10H2,1-6H3;5-8,10,12H,1-4H2. The minimum atomic E-state index is -0.0981. The van der Waals surface area contributed by atoms with Gasteiger partial charge >= 0.3 is 0 Å². The van der Waals surface area contributed by atoms with E-state index in [1.54, 1.807) is 12.1 Å². The first kappa shape index (κ1) is 26.2. The van der Waals surface area contributed by atoms with Crippen molar-refractivity contribution in [2.24, 2.45) is 0 Å². The fraction of sp³-hybridized carbons (Fsp3) is 0.600. The van der Waals surface area contributed by atoms with E-state index in [9.17, 15) is 5.11 Å². The molecule has 4 rings (SSSR count). The van der Waals surface area contributed by atoms with Crippen LogP contribution in [-0.4, -0.2) is 22.4 Å². The van der Waals surface area contributed by atoms with Crippen LogP contribution < -0.4 is 9.47 Å². The Balaban J connectivity index is 0.000000212. The third kappa shape index (κ3) is 7.32. The molecule has 2 fully saturated rings. The molecule has 0 unspecified atom stereocenters. The highest BCUT2D eigenvalue weighted by Gasteiger charge is 2.28. The van der Waals surface area contributed by atoms with Gasteiger partial charge in [-0.05, 0) is 98.6 Å². The molecule has 0 bridgehead atoms. The van der Waals surface area contributed by atoms with Gasteiger partial charge < -0.3 is 19.7 Å². The summed E-state index contributed by atoms with van der Waals surface area (Å²) in [4.78, 5) is 0. The lowest BCUT2D eigenvalue weighted by atomic mass is 9.79. The molecule has 2 aromatic carbocycles. The molecule has 0 amide bonds. The predicted octanol–water partition coefficient (Wildman–Crippen LogP) is 8.02. The first-order valence-electron chi connectivity index (χ1n) is 12.9. The molecule has 0 spiro atoms. The molecule has 4 heteroatoms. The van der Waals surface area contributed by atoms with Gasteiger partial charge in [0.2, 0.25) is 0 Å². The van der Waals surface area contributed by atoms with Crippen LogP contribution in [-0.2, 0) is 10.8 Å². The molecule has 34 heavy (non-hydrogen) atoms. The highest BCUT2D eigenvalue weighted by molar-refractivity contribution is 5.52. The smallest absolute Gasteiger partial charge is 0.123 e. The molecule has 188 valence electrons. The average molecular weight is 469 g/mol. The highest BCUT2D eigenvalue weighted by atomic mass is 16.5. The molecular formula is C30H44O4. The van der Waals surface area contributed by atoms with Gasteiger partial charge in [-0.3, -0.25) is 0 Å². The molecule has 0 saturated heterocycles. The highest BCUT2D eigenvalue weighted by Crippen LogP contribution is 2.42. The average Bonchev–Trinajstić information content (AvgIpc) is 3.44. The SMILES string of the molecule is CC(C)(C)c1cc(OC2CCCC2)cc(C(C)(C)C)c1O.Oc1ccc(OC2CCCC2)cc1. The van der Waals surface area contributed by atoms with E-state index in [1.165, 1.54) is 38.5 Å². The third-order valence-corrected chi connectivity index (χ3v) is 6.75. The maximum Gasteiger partial charge on any atom is 0.123 e. The van der Waals surface area contributed by atoms with E-state index in [-0.39, 0.29) is 10.8 Å². The van der Waals surface area contributed by atoms with Gasteiger partial charge in [-0.2, -0.15) is 0 Å². The summed E-state index contributed by atoms with van der Waals surface area (Å²) in [5.74, 6) is 2.49. The van der Waals surface area contributed by atoms with Crippen molar-refractivity contribution in [3.63, 3.8) is 0 Å². The number of hydrogen-bond donors (Lipinski definition) is 2. The zero-order valence-corrected chi connectivity index (χ0v) is 22.0. The van der Waals surface area contributed by atoms with Crippen molar-refractivity contribution in [2.45, 2.75) is 116 Å². The summed E-state index contributed by atoms with van der Waals surface area (Å²) in [6.45, 7) is 12.8. The second-order valence-corrected chi connectivity index (χ2v) is 11.9. The summed E-state index contributed by atoms with van der Waals surface area (Å²) >= 11 is 0. The Labute approximate surface area is 206 Å². The largest absolute Gasteiger partial charge is 0.508 e. The summed E-state index contributed by atoms with van der Waals surface area (Å²) in [5, 5.41) is 19.8. The Morgan fingerprint density at radius 1 is 0.618 bits per heavy atom. The molecule has 2 saturated carbocycles. The number of phenolic OH excluding ortho intramolecular Hbond substituents is 2. The van der Waals surface area contributed by atoms with E-state index >= 15 is 0 Å². The van der Waals surface area contributed by atoms with Crippen molar-refractivity contribution in [1.29, 1.82) is 0 Å². The molecule has 0 radical (unpaired) electrons. The van der Waals surface area contributed by atoms with Crippen LogP contribution >= 0.6 is 0 Å². The lowest BCUT2D eigenvalue weighted by molar-refractivity contribution is 0.208. The third-order valence-electron chi connectivity index (χ3n) is 6.75. The van der Waals surface area contributed by atoms with E-state index in [4.69, 9.17) is 14.6 Å². The van der Waals surface area contributed by atoms with E-state index in [0.29, 0.717) is 23.7 Å². The first-order chi connectivity index (χ1) is 15.9. The lowest BCUT2D eigenvalue weighted by Crippen LogP contribution is -2.19. The molecule has 2 aromatic rings. The molecule has 0 heterocycles. The summed E-state index contributed by atoms with van der Waals surface area (Å²) in [5.41, 5.74) is 1.75. The fourth-order valence-corrected chi connectivity index (χ4v) is 4.74. The Bertz CT molecular complexity index is 871. The van der Waals surface area contributed by atoms with Crippen LogP contribution in [0.15, 0.2) is 36.4 Å². The van der Waals surface area contributed by atoms with Crippen molar-refractivity contribution in [1.82, 2.24) is 0 Å². The summed E-state index contributed by atoms with van der Waals surface area (Å²) < 4.78 is 11.9. The molecule has 2 N–H and O–H groups in total. The number of aromatic hydroxyl groups is 2. The Hall–Kier alpha value is -2.36. The van der Waals surface area contributed by atoms with Gasteiger partial charge in [0.25, 0.3) is 0 Å². The van der Waals surface area contributed by atoms with Gasteiger partial charge in [0.1, 0.15) is 23.0 Å². The van der Waals surface area contributed by atoms with E-state index in [1.807, 2.05) is 24.3 Å². The van der Waals surface area contributed by atoms with E-state index < -0.39 is 0 Å². The maximum absolute atomic E-state index is 10.7. The number of benzene rings is 2. The van der Waals surface area contributed by atoms with Gasteiger partial charge in [-0.25, -0.2) is 0 Å². The number of hydrogen-bond acceptors (Lipinski definition) is 4. The second-order valence-electron chi connectivity index (χ2n) is 11.9. The zero-order valence-electron chi connectivity index (χ0n) is 22.0. The van der Waals surface area contributed by atoms with E-state index in [2.05, 4.69) is 41.5 Å². The van der Waals surface area contributed by atoms with Gasteiger partial charge in [0.05, 0.1) is 12.2 Å². The molecule has 2 aliphatic rings. The summed E-state index contributed by atoms with van der Waals surface area (Å²) in [6.07, 6.45) is 10.5. The number of ether oxygens (including phenoxy) is 2. The zero-order chi connectivity index (χ0) is 24.9. The summed E-state index contributed by atoms with van der Waals surface area (Å²) in [6, 6.07) is 11.0. The van der Waals surface area contributed by atoms with Gasteiger partial charge in [-0.15, -0.1) is 0 Å². The van der Waals surface area contributed by atoms with Crippen molar-refractivity contribution in [3.05, 3.63) is 47.5 Å². The fourth-order valence-electron chi connectivity index (χ4n) is 4.74. The molecule has 4 nitrogen and oxygen atoms in total. The predicted molar refractivity (Wildman–Crippen MR) is 139 cm³/mol. The Morgan fingerprint density at radius 3 is 1.38 bits per heavy atom. The van der Waals surface area contributed by atoms with Crippen LogP contribution in [0.25, 0.3) is 0 Å². The van der Waals surface area contributed by atoms with Crippen LogP contribution in [0.1, 0.15) is 104 Å². The molecule has 0 atom stereocenters. The molecular weight excluding hydrogens is 424 g/mol. The topological polar surface area (TPSA) is 58.9 Å².